The number of carbonyl (C=O) groups is 1. The average Bonchev–Trinajstić information content (AvgIpc) is 2.87. The molecule has 0 aromatic carbocycles. The van der Waals surface area contributed by atoms with E-state index in [0.29, 0.717) is 31.2 Å². The van der Waals surface area contributed by atoms with Gasteiger partial charge in [-0.1, -0.05) is 6.92 Å². The SMILES string of the molecule is CCc1nnc(CN2CCCC2C(=O)O)o1. The first-order valence-electron chi connectivity index (χ1n) is 5.48. The molecule has 1 N–H and O–H groups in total. The summed E-state index contributed by atoms with van der Waals surface area (Å²) < 4.78 is 5.37. The van der Waals surface area contributed by atoms with Gasteiger partial charge in [-0.15, -0.1) is 10.2 Å². The Kier molecular flexibility index (Phi) is 3.19. The van der Waals surface area contributed by atoms with E-state index in [1.165, 1.54) is 0 Å². The van der Waals surface area contributed by atoms with Gasteiger partial charge in [-0.25, -0.2) is 0 Å². The molecule has 0 bridgehead atoms. The predicted octanol–water partition coefficient (Wildman–Crippen LogP) is 0.681. The minimum atomic E-state index is -0.771. The van der Waals surface area contributed by atoms with Gasteiger partial charge < -0.3 is 9.52 Å². The summed E-state index contributed by atoms with van der Waals surface area (Å²) in [4.78, 5) is 12.8. The van der Waals surface area contributed by atoms with Crippen molar-refractivity contribution in [3.05, 3.63) is 11.8 Å². The molecule has 1 aromatic heterocycles. The van der Waals surface area contributed by atoms with Gasteiger partial charge in [-0.3, -0.25) is 9.69 Å². The van der Waals surface area contributed by atoms with Crippen molar-refractivity contribution in [3.63, 3.8) is 0 Å². The van der Waals surface area contributed by atoms with Crippen LogP contribution in [-0.4, -0.2) is 38.8 Å². The van der Waals surface area contributed by atoms with E-state index in [0.717, 1.165) is 13.0 Å². The van der Waals surface area contributed by atoms with E-state index in [-0.39, 0.29) is 0 Å². The van der Waals surface area contributed by atoms with E-state index in [2.05, 4.69) is 10.2 Å². The van der Waals surface area contributed by atoms with Gasteiger partial charge in [0.2, 0.25) is 11.8 Å². The van der Waals surface area contributed by atoms with Crippen molar-refractivity contribution in [3.8, 4) is 0 Å². The summed E-state index contributed by atoms with van der Waals surface area (Å²) in [5, 5.41) is 16.8. The maximum Gasteiger partial charge on any atom is 0.320 e. The Bertz CT molecular complexity index is 377. The minimum Gasteiger partial charge on any atom is -0.480 e. The number of rotatable bonds is 4. The second kappa shape index (κ2) is 4.61. The second-order valence-corrected chi connectivity index (χ2v) is 3.91. The highest BCUT2D eigenvalue weighted by Gasteiger charge is 2.31. The molecule has 16 heavy (non-hydrogen) atoms. The van der Waals surface area contributed by atoms with Gasteiger partial charge in [-0.05, 0) is 19.4 Å². The number of nitrogens with zero attached hydrogens (tertiary/aromatic N) is 3. The van der Waals surface area contributed by atoms with Crippen LogP contribution in [0.1, 0.15) is 31.5 Å². The van der Waals surface area contributed by atoms with Crippen LogP contribution in [0.15, 0.2) is 4.42 Å². The van der Waals surface area contributed by atoms with Crippen molar-refractivity contribution in [2.75, 3.05) is 6.54 Å². The number of carboxylic acid groups (broad SMARTS) is 1. The fraction of sp³-hybridized carbons (Fsp3) is 0.700. The molecule has 6 nitrogen and oxygen atoms in total. The van der Waals surface area contributed by atoms with E-state index in [1.807, 2.05) is 11.8 Å². The quantitative estimate of drug-likeness (QED) is 0.811. The molecule has 1 aromatic rings. The van der Waals surface area contributed by atoms with Crippen LogP contribution < -0.4 is 0 Å². The summed E-state index contributed by atoms with van der Waals surface area (Å²) in [5.74, 6) is 0.332. The first kappa shape index (κ1) is 11.1. The topological polar surface area (TPSA) is 79.5 Å². The minimum absolute atomic E-state index is 0.406. The van der Waals surface area contributed by atoms with Gasteiger partial charge in [-0.2, -0.15) is 0 Å². The smallest absolute Gasteiger partial charge is 0.320 e. The van der Waals surface area contributed by atoms with Crippen molar-refractivity contribution in [1.82, 2.24) is 15.1 Å². The monoisotopic (exact) mass is 225 g/mol. The van der Waals surface area contributed by atoms with Crippen molar-refractivity contribution >= 4 is 5.97 Å². The summed E-state index contributed by atoms with van der Waals surface area (Å²) in [6.07, 6.45) is 2.31. The maximum absolute atomic E-state index is 11.0. The molecule has 1 saturated heterocycles. The number of likely N-dealkylation sites (tertiary alicyclic amines) is 1. The highest BCUT2D eigenvalue weighted by molar-refractivity contribution is 5.73. The Hall–Kier alpha value is -1.43. The van der Waals surface area contributed by atoms with E-state index in [9.17, 15) is 4.79 Å². The lowest BCUT2D eigenvalue weighted by Gasteiger charge is -2.18. The van der Waals surface area contributed by atoms with Crippen molar-refractivity contribution in [2.45, 2.75) is 38.8 Å². The molecule has 2 heterocycles. The van der Waals surface area contributed by atoms with Crippen LogP contribution in [0.2, 0.25) is 0 Å². The molecule has 1 aliphatic rings. The first-order valence-corrected chi connectivity index (χ1v) is 5.48. The van der Waals surface area contributed by atoms with Gasteiger partial charge in [0.1, 0.15) is 6.04 Å². The number of aliphatic carboxylic acids is 1. The molecule has 1 unspecified atom stereocenters. The third-order valence-corrected chi connectivity index (χ3v) is 2.80. The molecule has 6 heteroatoms. The predicted molar refractivity (Wildman–Crippen MR) is 54.7 cm³/mol. The van der Waals surface area contributed by atoms with Crippen LogP contribution >= 0.6 is 0 Å². The van der Waals surface area contributed by atoms with Crippen LogP contribution in [0.4, 0.5) is 0 Å². The number of aromatic nitrogens is 2. The zero-order valence-electron chi connectivity index (χ0n) is 9.22. The van der Waals surface area contributed by atoms with Gasteiger partial charge in [0, 0.05) is 6.42 Å². The molecule has 0 amide bonds. The third kappa shape index (κ3) is 2.21. The van der Waals surface area contributed by atoms with Crippen LogP contribution in [0.25, 0.3) is 0 Å². The summed E-state index contributed by atoms with van der Waals surface area (Å²) in [7, 11) is 0. The molecule has 0 spiro atoms. The summed E-state index contributed by atoms with van der Waals surface area (Å²) in [6, 6.07) is -0.406. The highest BCUT2D eigenvalue weighted by atomic mass is 16.4. The average molecular weight is 225 g/mol. The Labute approximate surface area is 93.3 Å². The molecule has 2 rings (SSSR count). The standard InChI is InChI=1S/C10H15N3O3/c1-2-8-11-12-9(16-8)6-13-5-3-4-7(13)10(14)15/h7H,2-6H2,1H3,(H,14,15). The van der Waals surface area contributed by atoms with Crippen molar-refractivity contribution < 1.29 is 14.3 Å². The van der Waals surface area contributed by atoms with Gasteiger partial charge in [0.25, 0.3) is 0 Å². The Morgan fingerprint density at radius 3 is 2.94 bits per heavy atom. The summed E-state index contributed by atoms with van der Waals surface area (Å²) in [5.41, 5.74) is 0. The number of aryl methyl sites for hydroxylation is 1. The van der Waals surface area contributed by atoms with Crippen LogP contribution in [0.5, 0.6) is 0 Å². The molecular weight excluding hydrogens is 210 g/mol. The lowest BCUT2D eigenvalue weighted by atomic mass is 10.2. The van der Waals surface area contributed by atoms with Crippen LogP contribution in [0, 0.1) is 0 Å². The molecule has 1 fully saturated rings. The normalized spacial score (nSPS) is 21.4. The molecule has 88 valence electrons. The number of carboxylic acids is 1. The summed E-state index contributed by atoms with van der Waals surface area (Å²) in [6.45, 7) is 3.15. The van der Waals surface area contributed by atoms with Gasteiger partial charge in [0.15, 0.2) is 0 Å². The molecule has 0 aliphatic carbocycles. The first-order chi connectivity index (χ1) is 7.70. The van der Waals surface area contributed by atoms with Gasteiger partial charge in [0.05, 0.1) is 6.54 Å². The summed E-state index contributed by atoms with van der Waals surface area (Å²) >= 11 is 0. The fourth-order valence-electron chi connectivity index (χ4n) is 1.96. The van der Waals surface area contributed by atoms with Gasteiger partial charge >= 0.3 is 5.97 Å². The molecular formula is C10H15N3O3. The molecule has 1 aliphatic heterocycles. The third-order valence-electron chi connectivity index (χ3n) is 2.80. The Morgan fingerprint density at radius 1 is 1.56 bits per heavy atom. The van der Waals surface area contributed by atoms with E-state index < -0.39 is 12.0 Å². The largest absolute Gasteiger partial charge is 0.480 e. The Morgan fingerprint density at radius 2 is 2.31 bits per heavy atom. The van der Waals surface area contributed by atoms with E-state index in [4.69, 9.17) is 9.52 Å². The fourth-order valence-corrected chi connectivity index (χ4v) is 1.96. The Balaban J connectivity index is 2.00. The van der Waals surface area contributed by atoms with Crippen molar-refractivity contribution in [1.29, 1.82) is 0 Å². The molecule has 0 saturated carbocycles. The van der Waals surface area contributed by atoms with E-state index in [1.54, 1.807) is 0 Å². The second-order valence-electron chi connectivity index (χ2n) is 3.91. The molecule has 0 radical (unpaired) electrons. The molecule has 1 atom stereocenters. The van der Waals surface area contributed by atoms with Crippen molar-refractivity contribution in [2.24, 2.45) is 0 Å². The number of hydrogen-bond donors (Lipinski definition) is 1. The zero-order chi connectivity index (χ0) is 11.5. The van der Waals surface area contributed by atoms with E-state index >= 15 is 0 Å². The number of hydrogen-bond acceptors (Lipinski definition) is 5. The zero-order valence-corrected chi connectivity index (χ0v) is 9.22. The lowest BCUT2D eigenvalue weighted by molar-refractivity contribution is -0.142. The highest BCUT2D eigenvalue weighted by Crippen LogP contribution is 2.19. The van der Waals surface area contributed by atoms with Crippen LogP contribution in [0.3, 0.4) is 0 Å². The lowest BCUT2D eigenvalue weighted by Crippen LogP contribution is -2.35. The maximum atomic E-state index is 11.0. The van der Waals surface area contributed by atoms with Crippen LogP contribution in [-0.2, 0) is 17.8 Å².